The Morgan fingerprint density at radius 2 is 1.96 bits per heavy atom. The van der Waals surface area contributed by atoms with E-state index in [4.69, 9.17) is 0 Å². The molecule has 1 aliphatic rings. The highest BCUT2D eigenvalue weighted by atomic mass is 32.1. The summed E-state index contributed by atoms with van der Waals surface area (Å²) in [5.41, 5.74) is 6.02. The summed E-state index contributed by atoms with van der Waals surface area (Å²) in [7, 11) is 0. The fourth-order valence-electron chi connectivity index (χ4n) is 3.58. The summed E-state index contributed by atoms with van der Waals surface area (Å²) >= 11 is 1.58. The monoisotopic (exact) mass is 377 g/mol. The third-order valence-electron chi connectivity index (χ3n) is 5.01. The molecule has 0 aliphatic carbocycles. The predicted molar refractivity (Wildman–Crippen MR) is 111 cm³/mol. The molecule has 0 unspecified atom stereocenters. The summed E-state index contributed by atoms with van der Waals surface area (Å²) in [5, 5.41) is 5.11. The Morgan fingerprint density at radius 1 is 1.15 bits per heavy atom. The number of nitrogens with zero attached hydrogens (tertiary/aromatic N) is 2. The maximum Gasteiger partial charge on any atom is 0.228 e. The third kappa shape index (κ3) is 4.62. The number of amides is 1. The third-order valence-corrected chi connectivity index (χ3v) is 5.59. The SMILES string of the molecule is O=C(Nc1ccc(-c2cscn2)cc1)[C@H]1CCCN(Cc2ccccc2)C1. The van der Waals surface area contributed by atoms with Crippen molar-refractivity contribution in [3.05, 3.63) is 71.1 Å². The van der Waals surface area contributed by atoms with Gasteiger partial charge in [0.2, 0.25) is 5.91 Å². The fourth-order valence-corrected chi connectivity index (χ4v) is 4.14. The Balaban J connectivity index is 1.35. The van der Waals surface area contributed by atoms with Crippen LogP contribution in [0.15, 0.2) is 65.5 Å². The van der Waals surface area contributed by atoms with Crippen LogP contribution in [-0.4, -0.2) is 28.9 Å². The van der Waals surface area contributed by atoms with Gasteiger partial charge in [-0.25, -0.2) is 4.98 Å². The second-order valence-corrected chi connectivity index (χ2v) is 7.72. The van der Waals surface area contributed by atoms with Crippen LogP contribution in [0.2, 0.25) is 0 Å². The molecule has 0 radical (unpaired) electrons. The molecule has 4 rings (SSSR count). The maximum absolute atomic E-state index is 12.7. The number of hydrogen-bond acceptors (Lipinski definition) is 4. The predicted octanol–water partition coefficient (Wildman–Crippen LogP) is 4.66. The van der Waals surface area contributed by atoms with Gasteiger partial charge in [-0.05, 0) is 37.1 Å². The first kappa shape index (κ1) is 17.9. The van der Waals surface area contributed by atoms with Crippen molar-refractivity contribution < 1.29 is 4.79 Å². The van der Waals surface area contributed by atoms with E-state index in [0.717, 1.165) is 49.4 Å². The number of anilines is 1. The topological polar surface area (TPSA) is 45.2 Å². The average molecular weight is 378 g/mol. The normalized spacial score (nSPS) is 17.6. The highest BCUT2D eigenvalue weighted by Crippen LogP contribution is 2.23. The lowest BCUT2D eigenvalue weighted by Crippen LogP contribution is -2.40. The van der Waals surface area contributed by atoms with E-state index >= 15 is 0 Å². The zero-order valence-corrected chi connectivity index (χ0v) is 16.0. The van der Waals surface area contributed by atoms with Gasteiger partial charge in [-0.2, -0.15) is 0 Å². The Kier molecular flexibility index (Phi) is 5.61. The summed E-state index contributed by atoms with van der Waals surface area (Å²) in [5.74, 6) is 0.162. The first-order chi connectivity index (χ1) is 13.3. The van der Waals surface area contributed by atoms with E-state index in [2.05, 4.69) is 39.5 Å². The van der Waals surface area contributed by atoms with E-state index in [1.165, 1.54) is 5.56 Å². The molecule has 3 aromatic rings. The Bertz CT molecular complexity index is 862. The van der Waals surface area contributed by atoms with Gasteiger partial charge in [0, 0.05) is 29.7 Å². The molecular weight excluding hydrogens is 354 g/mol. The molecule has 2 aromatic carbocycles. The number of hydrogen-bond donors (Lipinski definition) is 1. The quantitative estimate of drug-likeness (QED) is 0.703. The van der Waals surface area contributed by atoms with Crippen LogP contribution >= 0.6 is 11.3 Å². The molecule has 0 bridgehead atoms. The van der Waals surface area contributed by atoms with Gasteiger partial charge in [0.1, 0.15) is 0 Å². The molecule has 0 spiro atoms. The Labute approximate surface area is 163 Å². The first-order valence-corrected chi connectivity index (χ1v) is 10.3. The zero-order chi connectivity index (χ0) is 18.5. The van der Waals surface area contributed by atoms with Gasteiger partial charge in [-0.15, -0.1) is 11.3 Å². The number of nitrogens with one attached hydrogen (secondary N) is 1. The number of thiazole rings is 1. The van der Waals surface area contributed by atoms with Crippen LogP contribution in [0, 0.1) is 5.92 Å². The smallest absolute Gasteiger partial charge is 0.228 e. The molecule has 1 fully saturated rings. The van der Waals surface area contributed by atoms with Crippen molar-refractivity contribution in [1.29, 1.82) is 0 Å². The van der Waals surface area contributed by atoms with Crippen LogP contribution in [0.5, 0.6) is 0 Å². The molecule has 1 N–H and O–H groups in total. The number of likely N-dealkylation sites (tertiary alicyclic amines) is 1. The lowest BCUT2D eigenvalue weighted by molar-refractivity contribution is -0.121. The van der Waals surface area contributed by atoms with Crippen molar-refractivity contribution in [3.8, 4) is 11.3 Å². The van der Waals surface area contributed by atoms with E-state index in [9.17, 15) is 4.79 Å². The van der Waals surface area contributed by atoms with Crippen LogP contribution < -0.4 is 5.32 Å². The zero-order valence-electron chi connectivity index (χ0n) is 15.2. The van der Waals surface area contributed by atoms with Crippen molar-refractivity contribution in [2.45, 2.75) is 19.4 Å². The lowest BCUT2D eigenvalue weighted by atomic mass is 9.96. The van der Waals surface area contributed by atoms with Crippen LogP contribution in [0.1, 0.15) is 18.4 Å². The van der Waals surface area contributed by atoms with Crippen molar-refractivity contribution in [2.24, 2.45) is 5.92 Å². The lowest BCUT2D eigenvalue weighted by Gasteiger charge is -2.32. The van der Waals surface area contributed by atoms with Gasteiger partial charge < -0.3 is 5.32 Å². The second-order valence-electron chi connectivity index (χ2n) is 7.00. The number of piperidine rings is 1. The highest BCUT2D eigenvalue weighted by Gasteiger charge is 2.25. The van der Waals surface area contributed by atoms with E-state index in [-0.39, 0.29) is 11.8 Å². The molecule has 0 saturated carbocycles. The largest absolute Gasteiger partial charge is 0.326 e. The minimum atomic E-state index is 0.0423. The average Bonchev–Trinajstić information content (AvgIpc) is 3.24. The number of rotatable bonds is 5. The number of carbonyl (C=O) groups is 1. The van der Waals surface area contributed by atoms with Crippen molar-refractivity contribution in [1.82, 2.24) is 9.88 Å². The van der Waals surface area contributed by atoms with Crippen molar-refractivity contribution >= 4 is 22.9 Å². The minimum Gasteiger partial charge on any atom is -0.326 e. The molecule has 1 amide bonds. The highest BCUT2D eigenvalue weighted by molar-refractivity contribution is 7.07. The second kappa shape index (κ2) is 8.46. The van der Waals surface area contributed by atoms with Crippen LogP contribution in [0.3, 0.4) is 0 Å². The molecule has 1 atom stereocenters. The summed E-state index contributed by atoms with van der Waals surface area (Å²) < 4.78 is 0. The van der Waals surface area contributed by atoms with Gasteiger partial charge in [-0.3, -0.25) is 9.69 Å². The van der Waals surface area contributed by atoms with Crippen LogP contribution in [-0.2, 0) is 11.3 Å². The standard InChI is InChI=1S/C22H23N3OS/c26-22(24-20-10-8-18(9-11-20)21-15-27-16-23-21)19-7-4-12-25(14-19)13-17-5-2-1-3-6-17/h1-3,5-6,8-11,15-16,19H,4,7,12-14H2,(H,24,26)/t19-/m0/s1. The summed E-state index contributed by atoms with van der Waals surface area (Å²) in [6.07, 6.45) is 2.02. The minimum absolute atomic E-state index is 0.0423. The Hall–Kier alpha value is -2.50. The molecule has 1 aliphatic heterocycles. The van der Waals surface area contributed by atoms with E-state index in [0.29, 0.717) is 0 Å². The van der Waals surface area contributed by atoms with Gasteiger partial charge in [0.25, 0.3) is 0 Å². The molecule has 1 saturated heterocycles. The van der Waals surface area contributed by atoms with Crippen molar-refractivity contribution in [2.75, 3.05) is 18.4 Å². The molecule has 138 valence electrons. The molecule has 5 heteroatoms. The van der Waals surface area contributed by atoms with E-state index in [1.54, 1.807) is 11.3 Å². The molecule has 4 nitrogen and oxygen atoms in total. The van der Waals surface area contributed by atoms with Crippen LogP contribution in [0.25, 0.3) is 11.3 Å². The van der Waals surface area contributed by atoms with Gasteiger partial charge >= 0.3 is 0 Å². The van der Waals surface area contributed by atoms with Gasteiger partial charge in [0.05, 0.1) is 17.1 Å². The number of carbonyl (C=O) groups excluding carboxylic acids is 1. The van der Waals surface area contributed by atoms with Gasteiger partial charge in [-0.1, -0.05) is 42.5 Å². The summed E-state index contributed by atoms with van der Waals surface area (Å²) in [6, 6.07) is 18.4. The molecule has 27 heavy (non-hydrogen) atoms. The fraction of sp³-hybridized carbons (Fsp3) is 0.273. The number of aromatic nitrogens is 1. The summed E-state index contributed by atoms with van der Waals surface area (Å²) in [6.45, 7) is 2.78. The Morgan fingerprint density at radius 3 is 2.70 bits per heavy atom. The van der Waals surface area contributed by atoms with E-state index < -0.39 is 0 Å². The van der Waals surface area contributed by atoms with Crippen LogP contribution in [0.4, 0.5) is 5.69 Å². The summed E-state index contributed by atoms with van der Waals surface area (Å²) in [4.78, 5) is 19.4. The molecule has 1 aromatic heterocycles. The van der Waals surface area contributed by atoms with Crippen molar-refractivity contribution in [3.63, 3.8) is 0 Å². The molecule has 2 heterocycles. The number of benzene rings is 2. The van der Waals surface area contributed by atoms with Gasteiger partial charge in [0.15, 0.2) is 0 Å². The molecular formula is C22H23N3OS. The maximum atomic E-state index is 12.7. The van der Waals surface area contributed by atoms with E-state index in [1.807, 2.05) is 41.2 Å². The first-order valence-electron chi connectivity index (χ1n) is 9.34.